The van der Waals surface area contributed by atoms with Crippen molar-refractivity contribution in [3.63, 3.8) is 0 Å². The van der Waals surface area contributed by atoms with Crippen LogP contribution >= 0.6 is 0 Å². The third-order valence-electron chi connectivity index (χ3n) is 2.59. The van der Waals surface area contributed by atoms with E-state index in [0.29, 0.717) is 17.3 Å². The Bertz CT molecular complexity index is 467. The molecule has 0 bridgehead atoms. The quantitative estimate of drug-likeness (QED) is 0.820. The molecular formula is C13H21N5O. The summed E-state index contributed by atoms with van der Waals surface area (Å²) in [4.78, 5) is 8.56. The monoisotopic (exact) mass is 263 g/mol. The van der Waals surface area contributed by atoms with E-state index >= 15 is 0 Å². The minimum Gasteiger partial charge on any atom is -0.480 e. The Hall–Kier alpha value is -2.03. The third-order valence-corrected chi connectivity index (χ3v) is 2.59. The van der Waals surface area contributed by atoms with Crippen molar-refractivity contribution in [1.29, 1.82) is 5.26 Å². The topological polar surface area (TPSA) is 82.9 Å². The fourth-order valence-corrected chi connectivity index (χ4v) is 1.45. The highest BCUT2D eigenvalue weighted by molar-refractivity contribution is 5.60. The summed E-state index contributed by atoms with van der Waals surface area (Å²) in [5, 5.41) is 15.5. The maximum atomic E-state index is 9.19. The first-order chi connectivity index (χ1) is 9.01. The molecule has 1 aromatic heterocycles. The zero-order chi connectivity index (χ0) is 14.4. The van der Waals surface area contributed by atoms with Gasteiger partial charge >= 0.3 is 0 Å². The summed E-state index contributed by atoms with van der Waals surface area (Å²) in [5.41, 5.74) is 0.325. The Morgan fingerprint density at radius 3 is 2.42 bits per heavy atom. The molecular weight excluding hydrogens is 242 g/mol. The van der Waals surface area contributed by atoms with Crippen molar-refractivity contribution < 1.29 is 4.74 Å². The van der Waals surface area contributed by atoms with E-state index in [1.165, 1.54) is 7.11 Å². The Balaban J connectivity index is 3.18. The molecule has 1 heterocycles. The third kappa shape index (κ3) is 3.98. The van der Waals surface area contributed by atoms with Gasteiger partial charge < -0.3 is 15.4 Å². The first-order valence-corrected chi connectivity index (χ1v) is 6.41. The molecule has 104 valence electrons. The summed E-state index contributed by atoms with van der Waals surface area (Å²) in [6, 6.07) is 2.50. The molecule has 1 rings (SSSR count). The number of ether oxygens (including phenoxy) is 1. The molecule has 0 fully saturated rings. The van der Waals surface area contributed by atoms with E-state index in [2.05, 4.69) is 33.6 Å². The molecule has 0 aromatic carbocycles. The van der Waals surface area contributed by atoms with Crippen molar-refractivity contribution in [3.05, 3.63) is 5.56 Å². The highest BCUT2D eigenvalue weighted by Crippen LogP contribution is 2.24. The first kappa shape index (κ1) is 15.0. The number of aromatic nitrogens is 2. The number of anilines is 2. The van der Waals surface area contributed by atoms with Crippen LogP contribution in [0.2, 0.25) is 0 Å². The minimum atomic E-state index is 0.170. The molecule has 2 N–H and O–H groups in total. The second kappa shape index (κ2) is 6.78. The van der Waals surface area contributed by atoms with E-state index in [1.807, 2.05) is 20.8 Å². The van der Waals surface area contributed by atoms with Gasteiger partial charge in [-0.15, -0.1) is 0 Å². The fraction of sp³-hybridized carbons (Fsp3) is 0.615. The number of nitriles is 1. The molecule has 19 heavy (non-hydrogen) atoms. The van der Waals surface area contributed by atoms with E-state index in [1.54, 1.807) is 0 Å². The SMILES string of the molecule is CCC(C)Nc1nc(NC(C)C)c(C#N)c(OC)n1. The van der Waals surface area contributed by atoms with Crippen LogP contribution in [0.1, 0.15) is 39.7 Å². The van der Waals surface area contributed by atoms with Gasteiger partial charge in [-0.2, -0.15) is 15.2 Å². The van der Waals surface area contributed by atoms with Crippen LogP contribution in [0.25, 0.3) is 0 Å². The minimum absolute atomic E-state index is 0.170. The van der Waals surface area contributed by atoms with Crippen LogP contribution in [0.5, 0.6) is 5.88 Å². The number of rotatable bonds is 6. The number of nitrogens with zero attached hydrogens (tertiary/aromatic N) is 3. The van der Waals surface area contributed by atoms with E-state index in [-0.39, 0.29) is 18.0 Å². The highest BCUT2D eigenvalue weighted by atomic mass is 16.5. The molecule has 0 saturated carbocycles. The van der Waals surface area contributed by atoms with Gasteiger partial charge in [0, 0.05) is 12.1 Å². The number of nitrogens with one attached hydrogen (secondary N) is 2. The molecule has 0 radical (unpaired) electrons. The van der Waals surface area contributed by atoms with Gasteiger partial charge in [-0.25, -0.2) is 0 Å². The van der Waals surface area contributed by atoms with Crippen LogP contribution < -0.4 is 15.4 Å². The molecule has 1 atom stereocenters. The molecule has 1 aromatic rings. The summed E-state index contributed by atoms with van der Waals surface area (Å²) >= 11 is 0. The van der Waals surface area contributed by atoms with Crippen LogP contribution in [0.4, 0.5) is 11.8 Å². The molecule has 6 nitrogen and oxygen atoms in total. The molecule has 1 unspecified atom stereocenters. The average molecular weight is 263 g/mol. The molecule has 0 aliphatic rings. The Labute approximate surface area is 114 Å². The van der Waals surface area contributed by atoms with Crippen LogP contribution in [-0.2, 0) is 0 Å². The summed E-state index contributed by atoms with van der Waals surface area (Å²) in [6.45, 7) is 8.09. The Kier molecular flexibility index (Phi) is 5.37. The molecule has 0 aliphatic heterocycles. The van der Waals surface area contributed by atoms with Crippen molar-refractivity contribution in [2.75, 3.05) is 17.7 Å². The van der Waals surface area contributed by atoms with E-state index in [0.717, 1.165) is 6.42 Å². The summed E-state index contributed by atoms with van der Waals surface area (Å²) in [7, 11) is 1.50. The maximum absolute atomic E-state index is 9.19. The molecule has 0 aliphatic carbocycles. The summed E-state index contributed by atoms with van der Waals surface area (Å²) < 4.78 is 5.16. The van der Waals surface area contributed by atoms with Gasteiger partial charge in [0.05, 0.1) is 7.11 Å². The lowest BCUT2D eigenvalue weighted by Gasteiger charge is -2.16. The van der Waals surface area contributed by atoms with Crippen LogP contribution in [0.15, 0.2) is 0 Å². The van der Waals surface area contributed by atoms with Crippen LogP contribution in [0, 0.1) is 11.3 Å². The highest BCUT2D eigenvalue weighted by Gasteiger charge is 2.16. The van der Waals surface area contributed by atoms with Crippen LogP contribution in [-0.4, -0.2) is 29.2 Å². The predicted octanol–water partition coefficient (Wildman–Crippen LogP) is 2.39. The average Bonchev–Trinajstić information content (AvgIpc) is 2.37. The van der Waals surface area contributed by atoms with E-state index < -0.39 is 0 Å². The van der Waals surface area contributed by atoms with Gasteiger partial charge in [0.2, 0.25) is 11.8 Å². The summed E-state index contributed by atoms with van der Waals surface area (Å²) in [5.74, 6) is 1.25. The van der Waals surface area contributed by atoms with Gasteiger partial charge in [-0.3, -0.25) is 0 Å². The standard InChI is InChI=1S/C13H21N5O/c1-6-9(4)16-13-17-11(15-8(2)3)10(7-14)12(18-13)19-5/h8-9H,6H2,1-5H3,(H2,15,16,17,18). The lowest BCUT2D eigenvalue weighted by molar-refractivity contribution is 0.396. The summed E-state index contributed by atoms with van der Waals surface area (Å²) in [6.07, 6.45) is 0.957. The largest absolute Gasteiger partial charge is 0.480 e. The van der Waals surface area contributed by atoms with Gasteiger partial charge in [0.25, 0.3) is 0 Å². The molecule has 0 amide bonds. The lowest BCUT2D eigenvalue weighted by Crippen LogP contribution is -2.19. The zero-order valence-corrected chi connectivity index (χ0v) is 12.1. The van der Waals surface area contributed by atoms with Crippen molar-refractivity contribution in [1.82, 2.24) is 9.97 Å². The molecule has 0 saturated heterocycles. The van der Waals surface area contributed by atoms with Crippen molar-refractivity contribution in [2.45, 2.75) is 46.2 Å². The van der Waals surface area contributed by atoms with Crippen molar-refractivity contribution >= 4 is 11.8 Å². The van der Waals surface area contributed by atoms with Gasteiger partial charge in [-0.05, 0) is 27.2 Å². The van der Waals surface area contributed by atoms with Crippen molar-refractivity contribution in [2.24, 2.45) is 0 Å². The molecule has 0 spiro atoms. The fourth-order valence-electron chi connectivity index (χ4n) is 1.45. The van der Waals surface area contributed by atoms with Crippen LogP contribution in [0.3, 0.4) is 0 Å². The predicted molar refractivity (Wildman–Crippen MR) is 75.4 cm³/mol. The smallest absolute Gasteiger partial charge is 0.238 e. The maximum Gasteiger partial charge on any atom is 0.238 e. The number of methoxy groups -OCH3 is 1. The second-order valence-electron chi connectivity index (χ2n) is 4.64. The van der Waals surface area contributed by atoms with Crippen molar-refractivity contribution in [3.8, 4) is 11.9 Å². The van der Waals surface area contributed by atoms with Gasteiger partial charge in [0.15, 0.2) is 11.4 Å². The lowest BCUT2D eigenvalue weighted by atomic mass is 10.2. The van der Waals surface area contributed by atoms with E-state index in [4.69, 9.17) is 4.74 Å². The van der Waals surface area contributed by atoms with Gasteiger partial charge in [-0.1, -0.05) is 6.92 Å². The molecule has 6 heteroatoms. The van der Waals surface area contributed by atoms with E-state index in [9.17, 15) is 5.26 Å². The number of hydrogen-bond acceptors (Lipinski definition) is 6. The Morgan fingerprint density at radius 2 is 1.95 bits per heavy atom. The second-order valence-corrected chi connectivity index (χ2v) is 4.64. The Morgan fingerprint density at radius 1 is 1.26 bits per heavy atom. The first-order valence-electron chi connectivity index (χ1n) is 6.41. The zero-order valence-electron chi connectivity index (χ0n) is 12.1. The van der Waals surface area contributed by atoms with Gasteiger partial charge in [0.1, 0.15) is 6.07 Å². The normalized spacial score (nSPS) is 11.8. The number of hydrogen-bond donors (Lipinski definition) is 2.